The molecule has 2 aromatic heterocycles. The van der Waals surface area contributed by atoms with Gasteiger partial charge in [0.25, 0.3) is 5.82 Å². The van der Waals surface area contributed by atoms with Crippen LogP contribution in [0.25, 0.3) is 5.65 Å². The van der Waals surface area contributed by atoms with E-state index < -0.39 is 12.0 Å². The van der Waals surface area contributed by atoms with E-state index in [0.29, 0.717) is 16.1 Å². The zero-order valence-corrected chi connectivity index (χ0v) is 11.7. The second kappa shape index (κ2) is 5.45. The van der Waals surface area contributed by atoms with Crippen molar-refractivity contribution in [2.45, 2.75) is 12.7 Å². The van der Waals surface area contributed by atoms with Crippen molar-refractivity contribution >= 4 is 23.1 Å². The Hall–Kier alpha value is -2.35. The molecule has 0 saturated heterocycles. The van der Waals surface area contributed by atoms with Crippen molar-refractivity contribution in [2.75, 3.05) is 5.32 Å². The van der Waals surface area contributed by atoms with Crippen LogP contribution >= 0.6 is 11.6 Å². The van der Waals surface area contributed by atoms with E-state index in [9.17, 15) is 13.2 Å². The summed E-state index contributed by atoms with van der Waals surface area (Å²) in [6.07, 6.45) is -4.61. The highest BCUT2D eigenvalue weighted by Gasteiger charge is 2.37. The predicted molar refractivity (Wildman–Crippen MR) is 74.6 cm³/mol. The molecule has 0 aliphatic rings. The van der Waals surface area contributed by atoms with Crippen LogP contribution < -0.4 is 5.32 Å². The van der Waals surface area contributed by atoms with Gasteiger partial charge in [0.1, 0.15) is 5.82 Å². The number of benzene rings is 1. The second-order valence-electron chi connectivity index (χ2n) is 4.49. The summed E-state index contributed by atoms with van der Waals surface area (Å²) >= 11 is 5.79. The summed E-state index contributed by atoms with van der Waals surface area (Å²) in [6, 6.07) is 10.1. The minimum atomic E-state index is -4.61. The highest BCUT2D eigenvalue weighted by atomic mass is 35.5. The summed E-state index contributed by atoms with van der Waals surface area (Å²) in [5.41, 5.74) is 0.954. The van der Waals surface area contributed by atoms with E-state index in [1.165, 1.54) is 6.07 Å². The molecule has 5 nitrogen and oxygen atoms in total. The number of nitrogens with one attached hydrogen (secondary N) is 1. The standard InChI is InChI=1S/C13H9ClF3N5/c14-9-3-1-8(2-4-9)7-18-10-5-6-11-19-20-12(13(15,16)17)22(11)21-10/h1-6H,7H2,(H,18,21). The third-order valence-electron chi connectivity index (χ3n) is 2.90. The number of nitrogens with zero attached hydrogens (tertiary/aromatic N) is 4. The zero-order chi connectivity index (χ0) is 15.7. The molecule has 0 saturated carbocycles. The monoisotopic (exact) mass is 327 g/mol. The van der Waals surface area contributed by atoms with E-state index in [0.717, 1.165) is 5.56 Å². The molecule has 0 unspecified atom stereocenters. The van der Waals surface area contributed by atoms with Gasteiger partial charge in [-0.2, -0.15) is 17.7 Å². The van der Waals surface area contributed by atoms with Gasteiger partial charge in [0, 0.05) is 11.6 Å². The molecule has 1 aromatic carbocycles. The van der Waals surface area contributed by atoms with Gasteiger partial charge in [0.2, 0.25) is 0 Å². The van der Waals surface area contributed by atoms with Gasteiger partial charge in [0.15, 0.2) is 5.65 Å². The third-order valence-corrected chi connectivity index (χ3v) is 3.16. The van der Waals surface area contributed by atoms with Crippen molar-refractivity contribution in [3.63, 3.8) is 0 Å². The molecule has 0 bridgehead atoms. The molecule has 1 N–H and O–H groups in total. The van der Waals surface area contributed by atoms with E-state index in [4.69, 9.17) is 11.6 Å². The molecule has 3 aromatic rings. The molecule has 22 heavy (non-hydrogen) atoms. The maximum atomic E-state index is 12.8. The maximum Gasteiger partial charge on any atom is 0.453 e. The number of aromatic nitrogens is 4. The van der Waals surface area contributed by atoms with Crippen molar-refractivity contribution in [3.05, 3.63) is 52.8 Å². The van der Waals surface area contributed by atoms with Crippen molar-refractivity contribution in [2.24, 2.45) is 0 Å². The fourth-order valence-electron chi connectivity index (χ4n) is 1.85. The van der Waals surface area contributed by atoms with Crippen LogP contribution in [0.1, 0.15) is 11.4 Å². The summed E-state index contributed by atoms with van der Waals surface area (Å²) in [7, 11) is 0. The maximum absolute atomic E-state index is 12.8. The van der Waals surface area contributed by atoms with E-state index in [2.05, 4.69) is 20.6 Å². The third kappa shape index (κ3) is 2.96. The van der Waals surface area contributed by atoms with Crippen LogP contribution in [-0.2, 0) is 12.7 Å². The number of anilines is 1. The van der Waals surface area contributed by atoms with Crippen LogP contribution in [0.4, 0.5) is 19.0 Å². The Balaban J connectivity index is 1.83. The van der Waals surface area contributed by atoms with Crippen LogP contribution in [-0.4, -0.2) is 19.8 Å². The second-order valence-corrected chi connectivity index (χ2v) is 4.93. The topological polar surface area (TPSA) is 55.1 Å². The average molecular weight is 328 g/mol. The molecule has 0 fully saturated rings. The van der Waals surface area contributed by atoms with Gasteiger partial charge in [-0.05, 0) is 29.8 Å². The van der Waals surface area contributed by atoms with E-state index in [-0.39, 0.29) is 11.5 Å². The average Bonchev–Trinajstić information content (AvgIpc) is 2.90. The molecule has 0 radical (unpaired) electrons. The Kier molecular flexibility index (Phi) is 3.61. The molecule has 0 amide bonds. The lowest BCUT2D eigenvalue weighted by Crippen LogP contribution is -2.13. The van der Waals surface area contributed by atoms with E-state index in [1.54, 1.807) is 18.2 Å². The normalized spacial score (nSPS) is 11.8. The quantitative estimate of drug-likeness (QED) is 0.801. The van der Waals surface area contributed by atoms with E-state index in [1.807, 2.05) is 12.1 Å². The van der Waals surface area contributed by atoms with Crippen molar-refractivity contribution in [3.8, 4) is 0 Å². The predicted octanol–water partition coefficient (Wildman–Crippen LogP) is 3.41. The van der Waals surface area contributed by atoms with Gasteiger partial charge in [-0.1, -0.05) is 23.7 Å². The minimum absolute atomic E-state index is 0.0318. The Morgan fingerprint density at radius 1 is 1.05 bits per heavy atom. The summed E-state index contributed by atoms with van der Waals surface area (Å²) < 4.78 is 39.0. The van der Waals surface area contributed by atoms with Gasteiger partial charge >= 0.3 is 6.18 Å². The van der Waals surface area contributed by atoms with Crippen molar-refractivity contribution in [1.29, 1.82) is 0 Å². The minimum Gasteiger partial charge on any atom is -0.365 e. The molecule has 0 aliphatic carbocycles. The van der Waals surface area contributed by atoms with Gasteiger partial charge in [-0.15, -0.1) is 15.3 Å². The van der Waals surface area contributed by atoms with Gasteiger partial charge in [-0.25, -0.2) is 0 Å². The summed E-state index contributed by atoms with van der Waals surface area (Å²) in [5, 5.41) is 14.0. The number of alkyl halides is 3. The summed E-state index contributed by atoms with van der Waals surface area (Å²) in [4.78, 5) is 0. The van der Waals surface area contributed by atoms with Gasteiger partial charge in [-0.3, -0.25) is 0 Å². The Labute approximate surface area is 127 Å². The molecule has 2 heterocycles. The van der Waals surface area contributed by atoms with Crippen molar-refractivity contribution in [1.82, 2.24) is 19.8 Å². The molecule has 0 atom stereocenters. The smallest absolute Gasteiger partial charge is 0.365 e. The highest BCUT2D eigenvalue weighted by Crippen LogP contribution is 2.27. The first kappa shape index (κ1) is 14.6. The fourth-order valence-corrected chi connectivity index (χ4v) is 1.98. The molecule has 0 spiro atoms. The Bertz CT molecular complexity index is 798. The fraction of sp³-hybridized carbons (Fsp3) is 0.154. The van der Waals surface area contributed by atoms with Crippen LogP contribution in [0.2, 0.25) is 5.02 Å². The summed E-state index contributed by atoms with van der Waals surface area (Å²) in [6.45, 7) is 0.402. The van der Waals surface area contributed by atoms with Crippen molar-refractivity contribution < 1.29 is 13.2 Å². The number of hydrogen-bond acceptors (Lipinski definition) is 4. The lowest BCUT2D eigenvalue weighted by atomic mass is 10.2. The molecular weight excluding hydrogens is 319 g/mol. The van der Waals surface area contributed by atoms with Crippen LogP contribution in [0.5, 0.6) is 0 Å². The summed E-state index contributed by atoms with van der Waals surface area (Å²) in [5.74, 6) is -0.870. The van der Waals surface area contributed by atoms with Gasteiger partial charge in [0.05, 0.1) is 0 Å². The first-order valence-corrected chi connectivity index (χ1v) is 6.59. The lowest BCUT2D eigenvalue weighted by Gasteiger charge is -2.07. The molecule has 3 rings (SSSR count). The van der Waals surface area contributed by atoms with Crippen LogP contribution in [0.15, 0.2) is 36.4 Å². The van der Waals surface area contributed by atoms with Crippen LogP contribution in [0.3, 0.4) is 0 Å². The number of rotatable bonds is 3. The molecule has 114 valence electrons. The van der Waals surface area contributed by atoms with Gasteiger partial charge < -0.3 is 5.32 Å². The molecule has 0 aliphatic heterocycles. The lowest BCUT2D eigenvalue weighted by molar-refractivity contribution is -0.146. The SMILES string of the molecule is FC(F)(F)c1nnc2ccc(NCc3ccc(Cl)cc3)nn12. The molecular formula is C13H9ClF3N5. The first-order chi connectivity index (χ1) is 10.4. The Morgan fingerprint density at radius 2 is 1.77 bits per heavy atom. The highest BCUT2D eigenvalue weighted by molar-refractivity contribution is 6.30. The zero-order valence-electron chi connectivity index (χ0n) is 11.0. The van der Waals surface area contributed by atoms with Crippen LogP contribution in [0, 0.1) is 0 Å². The Morgan fingerprint density at radius 3 is 2.45 bits per heavy atom. The molecule has 9 heteroatoms. The number of halogens is 4. The number of hydrogen-bond donors (Lipinski definition) is 1. The first-order valence-electron chi connectivity index (χ1n) is 6.21. The van der Waals surface area contributed by atoms with E-state index >= 15 is 0 Å². The number of fused-ring (bicyclic) bond motifs is 1. The largest absolute Gasteiger partial charge is 0.453 e.